The third-order valence-corrected chi connectivity index (χ3v) is 4.29. The van der Waals surface area contributed by atoms with Crippen molar-refractivity contribution in [2.45, 2.75) is 33.2 Å². The molecule has 0 saturated carbocycles. The number of benzene rings is 1. The molecule has 2 nitrogen and oxygen atoms in total. The summed E-state index contributed by atoms with van der Waals surface area (Å²) in [6, 6.07) is 10.8. The third kappa shape index (κ3) is 3.33. The summed E-state index contributed by atoms with van der Waals surface area (Å²) in [7, 11) is 0. The lowest BCUT2D eigenvalue weighted by molar-refractivity contribution is 0.0471. The van der Waals surface area contributed by atoms with Gasteiger partial charge >= 0.3 is 0 Å². The Labute approximate surface area is 111 Å². The zero-order valence-corrected chi connectivity index (χ0v) is 11.7. The van der Waals surface area contributed by atoms with Crippen LogP contribution in [0, 0.1) is 11.3 Å². The zero-order valence-electron chi connectivity index (χ0n) is 11.7. The molecule has 2 rings (SSSR count). The highest BCUT2D eigenvalue weighted by molar-refractivity contribution is 5.14. The Kier molecular flexibility index (Phi) is 4.41. The summed E-state index contributed by atoms with van der Waals surface area (Å²) in [5.41, 5.74) is 7.54. The van der Waals surface area contributed by atoms with E-state index in [1.807, 2.05) is 0 Å². The van der Waals surface area contributed by atoms with Crippen LogP contribution >= 0.6 is 0 Å². The molecule has 2 N–H and O–H groups in total. The summed E-state index contributed by atoms with van der Waals surface area (Å²) in [5, 5.41) is 0. The van der Waals surface area contributed by atoms with E-state index in [1.165, 1.54) is 31.5 Å². The smallest absolute Gasteiger partial charge is 0.0233 e. The fraction of sp³-hybridized carbons (Fsp3) is 0.625. The molecular formula is C16H26N2. The van der Waals surface area contributed by atoms with Gasteiger partial charge in [-0.3, -0.25) is 4.90 Å². The van der Waals surface area contributed by atoms with Crippen LogP contribution in [0.4, 0.5) is 0 Å². The first-order chi connectivity index (χ1) is 8.62. The number of hydrogen-bond acceptors (Lipinski definition) is 2. The summed E-state index contributed by atoms with van der Waals surface area (Å²) in [4.78, 5) is 2.59. The normalized spacial score (nSPS) is 24.1. The highest BCUT2D eigenvalue weighted by Crippen LogP contribution is 2.37. The first-order valence-corrected chi connectivity index (χ1v) is 7.08. The number of likely N-dealkylation sites (tertiary alicyclic amines) is 1. The van der Waals surface area contributed by atoms with Gasteiger partial charge in [0.15, 0.2) is 0 Å². The summed E-state index contributed by atoms with van der Waals surface area (Å²) < 4.78 is 0. The molecule has 1 aliphatic heterocycles. The molecular weight excluding hydrogens is 220 g/mol. The predicted molar refractivity (Wildman–Crippen MR) is 77.3 cm³/mol. The average Bonchev–Trinajstić information content (AvgIpc) is 2.33. The predicted octanol–water partition coefficient (Wildman–Crippen LogP) is 2.88. The van der Waals surface area contributed by atoms with Gasteiger partial charge in [0.05, 0.1) is 0 Å². The molecule has 0 bridgehead atoms. The molecule has 1 aromatic rings. The second kappa shape index (κ2) is 5.85. The lowest BCUT2D eigenvalue weighted by Crippen LogP contribution is -2.45. The van der Waals surface area contributed by atoms with Crippen molar-refractivity contribution in [1.29, 1.82) is 0 Å². The highest BCUT2D eigenvalue weighted by atomic mass is 15.1. The van der Waals surface area contributed by atoms with Gasteiger partial charge in [0.25, 0.3) is 0 Å². The Morgan fingerprint density at radius 1 is 1.28 bits per heavy atom. The van der Waals surface area contributed by atoms with E-state index in [4.69, 9.17) is 5.73 Å². The molecule has 1 unspecified atom stereocenters. The maximum atomic E-state index is 5.73. The van der Waals surface area contributed by atoms with Crippen LogP contribution in [0.3, 0.4) is 0 Å². The van der Waals surface area contributed by atoms with Crippen molar-refractivity contribution < 1.29 is 0 Å². The van der Waals surface area contributed by atoms with E-state index < -0.39 is 0 Å². The van der Waals surface area contributed by atoms with Gasteiger partial charge in [-0.2, -0.15) is 0 Å². The van der Waals surface area contributed by atoms with Gasteiger partial charge in [0.2, 0.25) is 0 Å². The molecule has 0 radical (unpaired) electrons. The SMILES string of the molecule is CC1(C)CN(Cc2ccccc2)CCC1CCN. The van der Waals surface area contributed by atoms with Gasteiger partial charge in [0, 0.05) is 13.1 Å². The molecule has 1 heterocycles. The fourth-order valence-electron chi connectivity index (χ4n) is 3.23. The standard InChI is InChI=1S/C16H26N2/c1-16(2)13-18(11-9-15(16)8-10-17)12-14-6-4-3-5-7-14/h3-7,15H,8-13,17H2,1-2H3. The van der Waals surface area contributed by atoms with Crippen LogP contribution in [0.5, 0.6) is 0 Å². The molecule has 0 amide bonds. The Balaban J connectivity index is 1.94. The molecule has 100 valence electrons. The molecule has 1 aromatic carbocycles. The molecule has 1 fully saturated rings. The molecule has 1 atom stereocenters. The van der Waals surface area contributed by atoms with E-state index >= 15 is 0 Å². The largest absolute Gasteiger partial charge is 0.330 e. The van der Waals surface area contributed by atoms with Crippen molar-refractivity contribution >= 4 is 0 Å². The van der Waals surface area contributed by atoms with E-state index in [2.05, 4.69) is 49.1 Å². The van der Waals surface area contributed by atoms with Gasteiger partial charge < -0.3 is 5.73 Å². The van der Waals surface area contributed by atoms with E-state index in [-0.39, 0.29) is 0 Å². The van der Waals surface area contributed by atoms with Crippen molar-refractivity contribution in [2.24, 2.45) is 17.1 Å². The number of rotatable bonds is 4. The van der Waals surface area contributed by atoms with Crippen molar-refractivity contribution in [1.82, 2.24) is 4.90 Å². The van der Waals surface area contributed by atoms with Gasteiger partial charge in [-0.05, 0) is 42.8 Å². The Hall–Kier alpha value is -0.860. The highest BCUT2D eigenvalue weighted by Gasteiger charge is 2.34. The Morgan fingerprint density at radius 3 is 2.61 bits per heavy atom. The summed E-state index contributed by atoms with van der Waals surface area (Å²) in [6.07, 6.45) is 2.46. The van der Waals surface area contributed by atoms with E-state index in [9.17, 15) is 0 Å². The second-order valence-corrected chi connectivity index (χ2v) is 6.25. The fourth-order valence-corrected chi connectivity index (χ4v) is 3.23. The van der Waals surface area contributed by atoms with Gasteiger partial charge in [-0.1, -0.05) is 44.2 Å². The first-order valence-electron chi connectivity index (χ1n) is 7.08. The second-order valence-electron chi connectivity index (χ2n) is 6.25. The van der Waals surface area contributed by atoms with Crippen LogP contribution in [-0.2, 0) is 6.54 Å². The van der Waals surface area contributed by atoms with Crippen LogP contribution in [0.25, 0.3) is 0 Å². The maximum absolute atomic E-state index is 5.73. The lowest BCUT2D eigenvalue weighted by Gasteiger charge is -2.44. The minimum atomic E-state index is 0.395. The topological polar surface area (TPSA) is 29.3 Å². The van der Waals surface area contributed by atoms with E-state index in [1.54, 1.807) is 0 Å². The van der Waals surface area contributed by atoms with Crippen LogP contribution < -0.4 is 5.73 Å². The lowest BCUT2D eigenvalue weighted by atomic mass is 9.72. The number of nitrogens with two attached hydrogens (primary N) is 1. The molecule has 18 heavy (non-hydrogen) atoms. The number of nitrogens with zero attached hydrogens (tertiary/aromatic N) is 1. The van der Waals surface area contributed by atoms with E-state index in [0.29, 0.717) is 5.41 Å². The Morgan fingerprint density at radius 2 is 2.00 bits per heavy atom. The molecule has 1 aliphatic rings. The quantitative estimate of drug-likeness (QED) is 0.885. The Bertz CT molecular complexity index is 359. The van der Waals surface area contributed by atoms with Crippen molar-refractivity contribution in [2.75, 3.05) is 19.6 Å². The minimum Gasteiger partial charge on any atom is -0.330 e. The molecule has 1 saturated heterocycles. The number of piperidine rings is 1. The van der Waals surface area contributed by atoms with Crippen LogP contribution in [0.1, 0.15) is 32.3 Å². The molecule has 2 heteroatoms. The molecule has 0 aliphatic carbocycles. The monoisotopic (exact) mass is 246 g/mol. The minimum absolute atomic E-state index is 0.395. The van der Waals surface area contributed by atoms with Crippen molar-refractivity contribution in [3.63, 3.8) is 0 Å². The number of hydrogen-bond donors (Lipinski definition) is 1. The summed E-state index contributed by atoms with van der Waals surface area (Å²) in [6.45, 7) is 9.09. The van der Waals surface area contributed by atoms with Gasteiger partial charge in [-0.25, -0.2) is 0 Å². The van der Waals surface area contributed by atoms with Gasteiger partial charge in [-0.15, -0.1) is 0 Å². The summed E-state index contributed by atoms with van der Waals surface area (Å²) in [5.74, 6) is 0.787. The van der Waals surface area contributed by atoms with E-state index in [0.717, 1.165) is 19.0 Å². The van der Waals surface area contributed by atoms with Crippen molar-refractivity contribution in [3.8, 4) is 0 Å². The van der Waals surface area contributed by atoms with Crippen LogP contribution in [0.15, 0.2) is 30.3 Å². The molecule has 0 aromatic heterocycles. The first kappa shape index (κ1) is 13.6. The van der Waals surface area contributed by atoms with Crippen molar-refractivity contribution in [3.05, 3.63) is 35.9 Å². The summed E-state index contributed by atoms with van der Waals surface area (Å²) >= 11 is 0. The maximum Gasteiger partial charge on any atom is 0.0233 e. The van der Waals surface area contributed by atoms with Crippen LogP contribution in [-0.4, -0.2) is 24.5 Å². The average molecular weight is 246 g/mol. The zero-order chi connectivity index (χ0) is 13.0. The van der Waals surface area contributed by atoms with Gasteiger partial charge in [0.1, 0.15) is 0 Å². The molecule has 0 spiro atoms. The third-order valence-electron chi connectivity index (χ3n) is 4.29. The van der Waals surface area contributed by atoms with Crippen LogP contribution in [0.2, 0.25) is 0 Å².